The SMILES string of the molecule is Cc1cnc(-c2[c-]cc(F)c3c2oc2ccccc23)cc1-c1ccccc1.[CH3][Ge]([CH3])([CH3])[c]1cnc(-c2[c-]cccc2)cc1Cc1ccccc1.[Ir]. The van der Waals surface area contributed by atoms with E-state index in [1.807, 2.05) is 79.9 Å². The molecular formula is C45H37FGeIrN2O-2. The summed E-state index contributed by atoms with van der Waals surface area (Å²) in [7, 11) is 0. The predicted octanol–water partition coefficient (Wildman–Crippen LogP) is 11.2. The van der Waals surface area contributed by atoms with Crippen molar-refractivity contribution in [3.8, 4) is 33.6 Å². The second-order valence-electron chi connectivity index (χ2n) is 13.5. The van der Waals surface area contributed by atoms with Crippen molar-refractivity contribution < 1.29 is 28.9 Å². The fourth-order valence-corrected chi connectivity index (χ4v) is 9.65. The van der Waals surface area contributed by atoms with Crippen molar-refractivity contribution in [1.29, 1.82) is 0 Å². The van der Waals surface area contributed by atoms with E-state index in [0.717, 1.165) is 39.8 Å². The molecule has 8 aromatic rings. The Labute approximate surface area is 315 Å². The first-order chi connectivity index (χ1) is 24.3. The number of furan rings is 1. The van der Waals surface area contributed by atoms with Gasteiger partial charge in [-0.25, -0.2) is 0 Å². The van der Waals surface area contributed by atoms with Crippen LogP contribution in [0.4, 0.5) is 4.39 Å². The second-order valence-corrected chi connectivity index (χ2v) is 24.1. The van der Waals surface area contributed by atoms with Crippen molar-refractivity contribution >= 4 is 39.6 Å². The summed E-state index contributed by atoms with van der Waals surface area (Å²) in [4.78, 5) is 9.30. The van der Waals surface area contributed by atoms with Crippen LogP contribution in [0.5, 0.6) is 0 Å². The Morgan fingerprint density at radius 2 is 1.43 bits per heavy atom. The predicted molar refractivity (Wildman–Crippen MR) is 207 cm³/mol. The van der Waals surface area contributed by atoms with E-state index in [-0.39, 0.29) is 25.9 Å². The molecule has 255 valence electrons. The molecule has 5 aromatic carbocycles. The minimum Gasteiger partial charge on any atom is 0 e. The first-order valence-corrected chi connectivity index (χ1v) is 24.1. The molecule has 3 aromatic heterocycles. The molecular weight excluding hydrogens is 868 g/mol. The van der Waals surface area contributed by atoms with Crippen LogP contribution in [0, 0.1) is 24.9 Å². The van der Waals surface area contributed by atoms with E-state index >= 15 is 0 Å². The third-order valence-corrected chi connectivity index (χ3v) is 13.2. The number of pyridine rings is 2. The number of hydrogen-bond donors (Lipinski definition) is 0. The number of rotatable bonds is 6. The maximum atomic E-state index is 14.5. The van der Waals surface area contributed by atoms with Crippen molar-refractivity contribution in [2.24, 2.45) is 0 Å². The Morgan fingerprint density at radius 1 is 0.745 bits per heavy atom. The largest absolute Gasteiger partial charge is 0 e. The van der Waals surface area contributed by atoms with Crippen molar-refractivity contribution in [3.05, 3.63) is 174 Å². The number of fused-ring (bicyclic) bond motifs is 3. The zero-order valence-corrected chi connectivity index (χ0v) is 33.5. The molecule has 0 unspecified atom stereocenters. The number of nitrogens with zero attached hydrogens (tertiary/aromatic N) is 2. The van der Waals surface area contributed by atoms with Gasteiger partial charge in [-0.1, -0.05) is 60.2 Å². The average molecular weight is 906 g/mol. The molecule has 0 amide bonds. The van der Waals surface area contributed by atoms with E-state index in [9.17, 15) is 4.39 Å². The van der Waals surface area contributed by atoms with Gasteiger partial charge in [-0.05, 0) is 40.8 Å². The molecule has 0 aliphatic carbocycles. The van der Waals surface area contributed by atoms with Gasteiger partial charge in [-0.15, -0.1) is 12.1 Å². The van der Waals surface area contributed by atoms with Gasteiger partial charge in [0, 0.05) is 37.5 Å². The number of aryl methyl sites for hydroxylation is 1. The van der Waals surface area contributed by atoms with Crippen LogP contribution in [0.25, 0.3) is 55.6 Å². The Hall–Kier alpha value is -4.68. The monoisotopic (exact) mass is 907 g/mol. The van der Waals surface area contributed by atoms with Crippen LogP contribution in [0.15, 0.2) is 144 Å². The molecule has 0 saturated carbocycles. The molecule has 6 heteroatoms. The first kappa shape index (κ1) is 36.1. The number of para-hydroxylation sites is 1. The smallest absolute Gasteiger partial charge is 0 e. The normalized spacial score (nSPS) is 11.2. The van der Waals surface area contributed by atoms with Gasteiger partial charge >= 0.3 is 142 Å². The zero-order valence-electron chi connectivity index (χ0n) is 29.0. The maximum absolute atomic E-state index is 14.5. The molecule has 0 N–H and O–H groups in total. The number of benzene rings is 5. The van der Waals surface area contributed by atoms with Gasteiger partial charge in [0.15, 0.2) is 0 Å². The summed E-state index contributed by atoms with van der Waals surface area (Å²) in [5, 5.41) is 1.23. The molecule has 0 bridgehead atoms. The fourth-order valence-electron chi connectivity index (χ4n) is 6.35. The van der Waals surface area contributed by atoms with Crippen LogP contribution < -0.4 is 4.40 Å². The van der Waals surface area contributed by atoms with Crippen molar-refractivity contribution in [2.45, 2.75) is 30.6 Å². The molecule has 0 fully saturated rings. The third kappa shape index (κ3) is 7.97. The summed E-state index contributed by atoms with van der Waals surface area (Å²) >= 11 is -1.96. The number of halogens is 1. The summed E-state index contributed by atoms with van der Waals surface area (Å²) in [5.74, 6) is 6.95. The minimum atomic E-state index is -1.96. The van der Waals surface area contributed by atoms with E-state index in [4.69, 9.17) is 9.40 Å². The van der Waals surface area contributed by atoms with Crippen LogP contribution in [-0.2, 0) is 26.5 Å². The Balaban J connectivity index is 0.000000175. The molecule has 3 nitrogen and oxygen atoms in total. The second kappa shape index (κ2) is 15.7. The minimum absolute atomic E-state index is 0. The van der Waals surface area contributed by atoms with Crippen molar-refractivity contribution in [1.82, 2.24) is 9.97 Å². The topological polar surface area (TPSA) is 38.9 Å². The Bertz CT molecular complexity index is 2410. The molecule has 0 spiro atoms. The summed E-state index contributed by atoms with van der Waals surface area (Å²) in [6.45, 7) is 2.03. The van der Waals surface area contributed by atoms with Crippen LogP contribution in [0.3, 0.4) is 0 Å². The number of hydrogen-bond acceptors (Lipinski definition) is 3. The van der Waals surface area contributed by atoms with Crippen LogP contribution in [-0.4, -0.2) is 23.2 Å². The Kier molecular flexibility index (Phi) is 11.1. The molecule has 0 atom stereocenters. The van der Waals surface area contributed by atoms with Gasteiger partial charge in [-0.2, -0.15) is 0 Å². The summed E-state index contributed by atoms with van der Waals surface area (Å²) in [6.07, 6.45) is 4.93. The fraction of sp³-hybridized carbons (Fsp3) is 0.111. The molecule has 51 heavy (non-hydrogen) atoms. The number of aromatic nitrogens is 2. The first-order valence-electron chi connectivity index (χ1n) is 16.8. The average Bonchev–Trinajstić information content (AvgIpc) is 3.54. The standard InChI is InChI=1S/C24H15FNO.C21H22GeN.Ir/c1-15-14-26-21(13-19(15)16-7-3-2-4-8-16)17-11-12-20(25)23-18-9-5-6-10-22(18)27-24(17)23;1-22(2,3)20-16-23-21(18-12-8-5-9-13-18)15-19(20)14-17-10-6-4-7-11-17;/h2-10,12-14H,1H3;4-12,15-16H,14H2,1-3H3;/q2*-1;. The molecule has 0 saturated heterocycles. The summed E-state index contributed by atoms with van der Waals surface area (Å²) < 4.78 is 22.0. The van der Waals surface area contributed by atoms with E-state index in [0.29, 0.717) is 27.8 Å². The summed E-state index contributed by atoms with van der Waals surface area (Å²) in [5.41, 5.74) is 10.6. The van der Waals surface area contributed by atoms with Gasteiger partial charge in [-0.3, -0.25) is 4.39 Å². The van der Waals surface area contributed by atoms with Gasteiger partial charge in [0.1, 0.15) is 5.58 Å². The molecule has 0 aliphatic heterocycles. The van der Waals surface area contributed by atoms with Crippen LogP contribution >= 0.6 is 0 Å². The Morgan fingerprint density at radius 3 is 2.16 bits per heavy atom. The molecule has 0 aliphatic rings. The molecule has 3 heterocycles. The molecule has 8 rings (SSSR count). The van der Waals surface area contributed by atoms with Gasteiger partial charge < -0.3 is 9.40 Å². The van der Waals surface area contributed by atoms with E-state index in [2.05, 4.69) is 95.2 Å². The third-order valence-electron chi connectivity index (χ3n) is 8.87. The summed E-state index contributed by atoms with van der Waals surface area (Å²) in [6, 6.07) is 48.3. The van der Waals surface area contributed by atoms with Crippen molar-refractivity contribution in [2.75, 3.05) is 0 Å². The van der Waals surface area contributed by atoms with E-state index in [1.54, 1.807) is 0 Å². The van der Waals surface area contributed by atoms with Crippen LogP contribution in [0.1, 0.15) is 16.7 Å². The maximum Gasteiger partial charge on any atom is 0 e. The van der Waals surface area contributed by atoms with Gasteiger partial charge in [0.25, 0.3) is 0 Å². The van der Waals surface area contributed by atoms with Crippen LogP contribution in [0.2, 0.25) is 17.3 Å². The quantitative estimate of drug-likeness (QED) is 0.123. The van der Waals surface area contributed by atoms with Gasteiger partial charge in [0.05, 0.1) is 5.58 Å². The van der Waals surface area contributed by atoms with Gasteiger partial charge in [0.2, 0.25) is 0 Å². The zero-order chi connectivity index (χ0) is 34.7. The molecule has 1 radical (unpaired) electrons. The van der Waals surface area contributed by atoms with Crippen molar-refractivity contribution in [3.63, 3.8) is 0 Å². The van der Waals surface area contributed by atoms with E-state index in [1.165, 1.54) is 21.6 Å². The van der Waals surface area contributed by atoms with E-state index < -0.39 is 13.3 Å².